The Labute approximate surface area is 102 Å². The Kier molecular flexibility index (Phi) is 3.15. The van der Waals surface area contributed by atoms with Crippen LogP contribution in [0.2, 0.25) is 0 Å². The molecule has 2 rings (SSSR count). The first-order chi connectivity index (χ1) is 8.45. The van der Waals surface area contributed by atoms with Crippen LogP contribution in [-0.4, -0.2) is 64.5 Å². The zero-order valence-electron chi connectivity index (χ0n) is 9.61. The molecule has 2 fully saturated rings. The molecule has 9 heteroatoms. The zero-order chi connectivity index (χ0) is 13.5. The normalized spacial score (nSPS) is 38.6. The van der Waals surface area contributed by atoms with Gasteiger partial charge in [0.1, 0.15) is 24.9 Å². The first kappa shape index (κ1) is 13.0. The summed E-state index contributed by atoms with van der Waals surface area (Å²) in [4.78, 5) is 28.1. The number of nitrogens with zero attached hydrogens (tertiary/aromatic N) is 1. The molecule has 18 heavy (non-hydrogen) atoms. The van der Waals surface area contributed by atoms with Gasteiger partial charge in [-0.05, 0) is 6.92 Å². The number of carbonyl (C=O) groups is 2. The number of hydrogen-bond acceptors (Lipinski definition) is 7. The van der Waals surface area contributed by atoms with Crippen LogP contribution in [0.25, 0.3) is 0 Å². The van der Waals surface area contributed by atoms with Crippen molar-refractivity contribution >= 4 is 12.0 Å². The molecule has 0 aromatic heterocycles. The van der Waals surface area contributed by atoms with Gasteiger partial charge in [0.2, 0.25) is 0 Å². The summed E-state index contributed by atoms with van der Waals surface area (Å²) in [7, 11) is 0. The second-order valence-electron chi connectivity index (χ2n) is 3.94. The lowest BCUT2D eigenvalue weighted by molar-refractivity contribution is -0.325. The van der Waals surface area contributed by atoms with Gasteiger partial charge in [0.25, 0.3) is 11.6 Å². The van der Waals surface area contributed by atoms with E-state index in [0.29, 0.717) is 5.06 Å². The number of nitrogens with two attached hydrogens (primary N) is 1. The van der Waals surface area contributed by atoms with Crippen molar-refractivity contribution < 1.29 is 34.1 Å². The molecule has 2 saturated heterocycles. The summed E-state index contributed by atoms with van der Waals surface area (Å²) in [5.74, 6) is -1.15. The van der Waals surface area contributed by atoms with Gasteiger partial charge in [-0.3, -0.25) is 9.63 Å². The van der Waals surface area contributed by atoms with Gasteiger partial charge in [0.15, 0.2) is 0 Å². The van der Waals surface area contributed by atoms with Gasteiger partial charge in [0, 0.05) is 0 Å². The SMILES string of the molecule is CCOC(=O)N1OC[C@H]2O[C@]1(C(N)=O)[C@H](O)[C@@H]2O. The smallest absolute Gasteiger partial charge is 0.437 e. The van der Waals surface area contributed by atoms with Crippen LogP contribution < -0.4 is 5.73 Å². The minimum Gasteiger partial charge on any atom is -0.448 e. The quantitative estimate of drug-likeness (QED) is 0.509. The fraction of sp³-hybridized carbons (Fsp3) is 0.778. The van der Waals surface area contributed by atoms with Crippen molar-refractivity contribution in [1.82, 2.24) is 5.06 Å². The topological polar surface area (TPSA) is 132 Å². The van der Waals surface area contributed by atoms with E-state index in [1.165, 1.54) is 0 Å². The van der Waals surface area contributed by atoms with Gasteiger partial charge < -0.3 is 25.4 Å². The van der Waals surface area contributed by atoms with Crippen LogP contribution in [0.1, 0.15) is 6.92 Å². The maximum atomic E-state index is 11.6. The molecule has 0 aromatic rings. The number of hydroxylamine groups is 2. The third-order valence-corrected chi connectivity index (χ3v) is 2.89. The van der Waals surface area contributed by atoms with E-state index in [4.69, 9.17) is 15.3 Å². The highest BCUT2D eigenvalue weighted by Gasteiger charge is 2.67. The molecular formula is C9H14N2O7. The van der Waals surface area contributed by atoms with Gasteiger partial charge in [-0.1, -0.05) is 0 Å². The van der Waals surface area contributed by atoms with Crippen molar-refractivity contribution in [3.63, 3.8) is 0 Å². The number of aliphatic hydroxyl groups is 2. The predicted molar refractivity (Wildman–Crippen MR) is 53.6 cm³/mol. The third-order valence-electron chi connectivity index (χ3n) is 2.89. The average molecular weight is 262 g/mol. The number of fused-ring (bicyclic) bond motifs is 2. The van der Waals surface area contributed by atoms with E-state index in [9.17, 15) is 19.8 Å². The maximum absolute atomic E-state index is 11.6. The molecule has 0 spiro atoms. The number of amides is 2. The van der Waals surface area contributed by atoms with Crippen molar-refractivity contribution in [1.29, 1.82) is 0 Å². The number of rotatable bonds is 2. The van der Waals surface area contributed by atoms with E-state index in [-0.39, 0.29) is 13.2 Å². The summed E-state index contributed by atoms with van der Waals surface area (Å²) >= 11 is 0. The number of hydrogen-bond donors (Lipinski definition) is 3. The van der Waals surface area contributed by atoms with E-state index < -0.39 is 36.0 Å². The molecule has 2 aliphatic heterocycles. The number of aliphatic hydroxyl groups excluding tert-OH is 2. The van der Waals surface area contributed by atoms with Crippen LogP contribution in [0.5, 0.6) is 0 Å². The molecule has 2 amide bonds. The Morgan fingerprint density at radius 1 is 1.56 bits per heavy atom. The third kappa shape index (κ3) is 1.56. The van der Waals surface area contributed by atoms with E-state index in [2.05, 4.69) is 4.74 Å². The lowest BCUT2D eigenvalue weighted by atomic mass is 10.0. The minimum atomic E-state index is -2.26. The Bertz CT molecular complexity index is 376. The standard InChI is InChI=1S/C9H14N2O7/c1-2-16-8(15)11-9(7(10)14)6(13)5(12)4(18-9)3-17-11/h4-6,12-13H,2-3H2,1H3,(H2,10,14)/t4-,5-,6-,9+/m1/s1. The molecule has 2 aliphatic rings. The number of primary amides is 1. The van der Waals surface area contributed by atoms with E-state index in [0.717, 1.165) is 0 Å². The molecule has 0 unspecified atom stereocenters. The van der Waals surface area contributed by atoms with Gasteiger partial charge >= 0.3 is 6.09 Å². The van der Waals surface area contributed by atoms with Crippen LogP contribution in [-0.2, 0) is 19.1 Å². The zero-order valence-corrected chi connectivity index (χ0v) is 9.61. The molecule has 4 N–H and O–H groups in total. The van der Waals surface area contributed by atoms with Crippen LogP contribution in [0.3, 0.4) is 0 Å². The average Bonchev–Trinajstić information content (AvgIpc) is 2.53. The first-order valence-corrected chi connectivity index (χ1v) is 5.39. The van der Waals surface area contributed by atoms with E-state index in [1.807, 2.05) is 0 Å². The summed E-state index contributed by atoms with van der Waals surface area (Å²) in [6.45, 7) is 1.39. The van der Waals surface area contributed by atoms with Crippen molar-refractivity contribution in [2.24, 2.45) is 5.73 Å². The largest absolute Gasteiger partial charge is 0.448 e. The molecule has 0 radical (unpaired) electrons. The van der Waals surface area contributed by atoms with E-state index in [1.54, 1.807) is 6.92 Å². The predicted octanol–water partition coefficient (Wildman–Crippen LogP) is -2.31. The molecule has 4 atom stereocenters. The molecule has 0 aromatic carbocycles. The highest BCUT2D eigenvalue weighted by molar-refractivity contribution is 5.88. The fourth-order valence-corrected chi connectivity index (χ4v) is 2.02. The highest BCUT2D eigenvalue weighted by Crippen LogP contribution is 2.39. The van der Waals surface area contributed by atoms with Crippen LogP contribution in [0, 0.1) is 0 Å². The molecule has 0 aliphatic carbocycles. The molecular weight excluding hydrogens is 248 g/mol. The summed E-state index contributed by atoms with van der Waals surface area (Å²) in [6.07, 6.45) is -5.04. The minimum absolute atomic E-state index is 0.0373. The monoisotopic (exact) mass is 262 g/mol. The highest BCUT2D eigenvalue weighted by atomic mass is 16.8. The molecule has 9 nitrogen and oxygen atoms in total. The maximum Gasteiger partial charge on any atom is 0.437 e. The van der Waals surface area contributed by atoms with Gasteiger partial charge in [-0.2, -0.15) is 0 Å². The van der Waals surface area contributed by atoms with Crippen molar-refractivity contribution in [2.45, 2.75) is 31.0 Å². The van der Waals surface area contributed by atoms with Crippen LogP contribution in [0.15, 0.2) is 0 Å². The Morgan fingerprint density at radius 3 is 2.78 bits per heavy atom. The Morgan fingerprint density at radius 2 is 2.22 bits per heavy atom. The molecule has 0 saturated carbocycles. The van der Waals surface area contributed by atoms with Crippen molar-refractivity contribution in [3.05, 3.63) is 0 Å². The van der Waals surface area contributed by atoms with Crippen LogP contribution in [0.4, 0.5) is 4.79 Å². The fourth-order valence-electron chi connectivity index (χ4n) is 2.02. The number of carbonyl (C=O) groups excluding carboxylic acids is 2. The first-order valence-electron chi connectivity index (χ1n) is 5.39. The van der Waals surface area contributed by atoms with Gasteiger partial charge in [-0.25, -0.2) is 4.79 Å². The second-order valence-corrected chi connectivity index (χ2v) is 3.94. The van der Waals surface area contributed by atoms with E-state index >= 15 is 0 Å². The summed E-state index contributed by atoms with van der Waals surface area (Å²) in [6, 6.07) is 0. The summed E-state index contributed by atoms with van der Waals surface area (Å²) in [5.41, 5.74) is 2.90. The Hall–Kier alpha value is -1.42. The lowest BCUT2D eigenvalue weighted by Gasteiger charge is -2.39. The van der Waals surface area contributed by atoms with Crippen molar-refractivity contribution in [3.8, 4) is 0 Å². The summed E-state index contributed by atoms with van der Waals surface area (Å²) < 4.78 is 9.85. The van der Waals surface area contributed by atoms with Gasteiger partial charge in [0.05, 0.1) is 6.61 Å². The number of ether oxygens (including phenoxy) is 2. The summed E-state index contributed by atoms with van der Waals surface area (Å²) in [5, 5.41) is 20.0. The Balaban J connectivity index is 2.36. The molecule has 2 heterocycles. The lowest BCUT2D eigenvalue weighted by Crippen LogP contribution is -2.67. The molecule has 2 bridgehead atoms. The van der Waals surface area contributed by atoms with Crippen molar-refractivity contribution in [2.75, 3.05) is 13.2 Å². The molecule has 102 valence electrons. The van der Waals surface area contributed by atoms with Gasteiger partial charge in [-0.15, -0.1) is 5.06 Å². The van der Waals surface area contributed by atoms with Crippen LogP contribution >= 0.6 is 0 Å². The second kappa shape index (κ2) is 4.35.